The van der Waals surface area contributed by atoms with Crippen molar-refractivity contribution in [1.29, 1.82) is 0 Å². The summed E-state index contributed by atoms with van der Waals surface area (Å²) < 4.78 is 45.2. The lowest BCUT2D eigenvalue weighted by Gasteiger charge is -2.37. The molecule has 16 nitrogen and oxygen atoms in total. The van der Waals surface area contributed by atoms with E-state index in [0.29, 0.717) is 87.8 Å². The van der Waals surface area contributed by atoms with Crippen molar-refractivity contribution in [3.63, 3.8) is 0 Å². The number of benzene rings is 1. The number of hydrogen-bond acceptors (Lipinski definition) is 13. The first-order valence-corrected chi connectivity index (χ1v) is 17.8. The van der Waals surface area contributed by atoms with Crippen LogP contribution in [0.3, 0.4) is 0 Å². The molecule has 4 aromatic rings. The fraction of sp³-hybridized carbons (Fsp3) is 0.500. The minimum atomic E-state index is -0.556. The van der Waals surface area contributed by atoms with Gasteiger partial charge in [0.1, 0.15) is 17.9 Å². The molecule has 17 heteroatoms. The molecular weight excluding hydrogens is 691 g/mol. The molecule has 3 aromatic heterocycles. The van der Waals surface area contributed by atoms with E-state index in [2.05, 4.69) is 30.7 Å². The molecule has 0 spiro atoms. The molecule has 284 valence electrons. The topological polar surface area (TPSA) is 175 Å². The van der Waals surface area contributed by atoms with Gasteiger partial charge in [0, 0.05) is 76.3 Å². The number of aryl methyl sites for hydroxylation is 1. The molecule has 0 saturated carbocycles. The molecule has 1 fully saturated rings. The Hall–Kier alpha value is -4.97. The van der Waals surface area contributed by atoms with Gasteiger partial charge in [-0.05, 0) is 32.2 Å². The molecule has 6 rings (SSSR count). The quantitative estimate of drug-likeness (QED) is 0.142. The zero-order valence-electron chi connectivity index (χ0n) is 30.0. The van der Waals surface area contributed by atoms with Gasteiger partial charge in [0.2, 0.25) is 23.1 Å². The smallest absolute Gasteiger partial charge is 0.256 e. The number of pyridine rings is 2. The molecule has 2 aliphatic heterocycles. The van der Waals surface area contributed by atoms with Gasteiger partial charge in [0.05, 0.1) is 56.6 Å². The summed E-state index contributed by atoms with van der Waals surface area (Å²) in [6, 6.07) is 4.63. The largest absolute Gasteiger partial charge is 0.487 e. The molecule has 1 unspecified atom stereocenters. The summed E-state index contributed by atoms with van der Waals surface area (Å²) in [4.78, 5) is 51.1. The molecule has 1 atom stereocenters. The number of amides is 2. The summed E-state index contributed by atoms with van der Waals surface area (Å²) in [6.07, 6.45) is 5.37. The Morgan fingerprint density at radius 2 is 1.66 bits per heavy atom. The summed E-state index contributed by atoms with van der Waals surface area (Å²) in [7, 11) is 2.03. The SMILES string of the molecule is CC1COc2c(N3CCN(C)CC3)c(F)cc3c(=O)c(C(=O)NCCOCCOCCOCCNC(=O)CCc4nc(-c5ccncc5)no4)cn1c23. The maximum atomic E-state index is 15.6. The number of ether oxygens (including phenoxy) is 4. The predicted octanol–water partition coefficient (Wildman–Crippen LogP) is 1.82. The first kappa shape index (κ1) is 37.8. The third kappa shape index (κ3) is 9.53. The molecule has 2 aliphatic rings. The Balaban J connectivity index is 0.840. The number of rotatable bonds is 18. The Bertz CT molecular complexity index is 1910. The molecule has 1 saturated heterocycles. The second kappa shape index (κ2) is 18.2. The Morgan fingerprint density at radius 1 is 0.981 bits per heavy atom. The third-order valence-electron chi connectivity index (χ3n) is 9.02. The lowest BCUT2D eigenvalue weighted by atomic mass is 10.0. The van der Waals surface area contributed by atoms with Crippen LogP contribution in [0, 0.1) is 5.82 Å². The second-order valence-electron chi connectivity index (χ2n) is 12.9. The maximum Gasteiger partial charge on any atom is 0.256 e. The van der Waals surface area contributed by atoms with Crippen molar-refractivity contribution in [2.45, 2.75) is 25.8 Å². The van der Waals surface area contributed by atoms with Crippen molar-refractivity contribution < 1.29 is 37.5 Å². The van der Waals surface area contributed by atoms with E-state index in [0.717, 1.165) is 18.7 Å². The zero-order valence-corrected chi connectivity index (χ0v) is 30.0. The number of halogens is 1. The molecule has 5 heterocycles. The van der Waals surface area contributed by atoms with Crippen molar-refractivity contribution in [1.82, 2.24) is 35.2 Å². The zero-order chi connectivity index (χ0) is 37.2. The van der Waals surface area contributed by atoms with Crippen LogP contribution in [-0.4, -0.2) is 129 Å². The Kier molecular flexibility index (Phi) is 13.0. The van der Waals surface area contributed by atoms with Gasteiger partial charge in [0.15, 0.2) is 11.6 Å². The monoisotopic (exact) mass is 736 g/mol. The normalized spacial score (nSPS) is 15.8. The van der Waals surface area contributed by atoms with Gasteiger partial charge in [-0.25, -0.2) is 4.39 Å². The average molecular weight is 737 g/mol. The first-order chi connectivity index (χ1) is 25.8. The number of anilines is 1. The van der Waals surface area contributed by atoms with Crippen LogP contribution in [0.2, 0.25) is 0 Å². The molecule has 2 N–H and O–H groups in total. The van der Waals surface area contributed by atoms with Gasteiger partial charge < -0.3 is 48.5 Å². The maximum absolute atomic E-state index is 15.6. The number of aromatic nitrogens is 4. The minimum absolute atomic E-state index is 0.0634. The molecule has 1 aromatic carbocycles. The van der Waals surface area contributed by atoms with E-state index < -0.39 is 17.2 Å². The van der Waals surface area contributed by atoms with Crippen LogP contribution in [0.25, 0.3) is 22.3 Å². The number of piperazine rings is 1. The number of nitrogens with zero attached hydrogens (tertiary/aromatic N) is 6. The lowest BCUT2D eigenvalue weighted by Crippen LogP contribution is -2.45. The van der Waals surface area contributed by atoms with Gasteiger partial charge in [-0.2, -0.15) is 4.98 Å². The van der Waals surface area contributed by atoms with Gasteiger partial charge in [-0.3, -0.25) is 19.4 Å². The van der Waals surface area contributed by atoms with E-state index in [-0.39, 0.29) is 49.1 Å². The number of carbonyl (C=O) groups is 2. The highest BCUT2D eigenvalue weighted by Crippen LogP contribution is 2.42. The fourth-order valence-electron chi connectivity index (χ4n) is 6.12. The molecule has 0 aliphatic carbocycles. The van der Waals surface area contributed by atoms with Crippen LogP contribution in [0.15, 0.2) is 46.1 Å². The number of likely N-dealkylation sites (N-methyl/N-ethyl adjacent to an activating group) is 1. The van der Waals surface area contributed by atoms with E-state index in [9.17, 15) is 14.4 Å². The van der Waals surface area contributed by atoms with Crippen molar-refractivity contribution >= 4 is 28.4 Å². The van der Waals surface area contributed by atoms with Crippen LogP contribution in [-0.2, 0) is 25.4 Å². The average Bonchev–Trinajstić information content (AvgIpc) is 3.65. The second-order valence-corrected chi connectivity index (χ2v) is 12.9. The summed E-state index contributed by atoms with van der Waals surface area (Å²) in [5.74, 6) is -0.0529. The molecule has 0 radical (unpaired) electrons. The predicted molar refractivity (Wildman–Crippen MR) is 192 cm³/mol. The van der Waals surface area contributed by atoms with Crippen LogP contribution in [0.1, 0.15) is 35.6 Å². The highest BCUT2D eigenvalue weighted by atomic mass is 19.1. The van der Waals surface area contributed by atoms with Crippen molar-refractivity contribution in [3.8, 4) is 17.1 Å². The minimum Gasteiger partial charge on any atom is -0.487 e. The van der Waals surface area contributed by atoms with Crippen LogP contribution in [0.5, 0.6) is 5.75 Å². The summed E-state index contributed by atoms with van der Waals surface area (Å²) in [6.45, 7) is 7.48. The van der Waals surface area contributed by atoms with Gasteiger partial charge in [-0.1, -0.05) is 5.16 Å². The lowest BCUT2D eigenvalue weighted by molar-refractivity contribution is -0.121. The Morgan fingerprint density at radius 3 is 2.38 bits per heavy atom. The summed E-state index contributed by atoms with van der Waals surface area (Å²) in [5, 5.41) is 9.56. The number of nitrogens with one attached hydrogen (secondary N) is 2. The van der Waals surface area contributed by atoms with E-state index in [1.807, 2.05) is 23.4 Å². The number of carbonyl (C=O) groups excluding carboxylic acids is 2. The van der Waals surface area contributed by atoms with Crippen molar-refractivity contribution in [2.75, 3.05) is 97.5 Å². The van der Waals surface area contributed by atoms with E-state index in [1.54, 1.807) is 30.7 Å². The van der Waals surface area contributed by atoms with Crippen LogP contribution in [0.4, 0.5) is 10.1 Å². The standard InChI is InChI=1S/C36H45FN8O8/c1-24-23-52-34-31-26(21-28(37)32(34)44-13-11-43(2)12-14-44)33(47)27(22-45(24)31)36(48)40-10-16-50-18-20-51-19-17-49-15-9-39-29(46)3-4-30-41-35(42-53-30)25-5-7-38-8-6-25/h5-8,21-22,24H,3-4,9-20,23H2,1-2H3,(H,39,46)(H,40,48). The Labute approximate surface area is 305 Å². The van der Waals surface area contributed by atoms with E-state index >= 15 is 4.39 Å². The molecule has 53 heavy (non-hydrogen) atoms. The van der Waals surface area contributed by atoms with Gasteiger partial charge in [-0.15, -0.1) is 0 Å². The van der Waals surface area contributed by atoms with Crippen molar-refractivity contribution in [3.05, 3.63) is 64.3 Å². The van der Waals surface area contributed by atoms with E-state index in [4.69, 9.17) is 23.5 Å². The fourth-order valence-corrected chi connectivity index (χ4v) is 6.12. The van der Waals surface area contributed by atoms with Gasteiger partial charge >= 0.3 is 0 Å². The highest BCUT2D eigenvalue weighted by Gasteiger charge is 2.31. The molecular formula is C36H45FN8O8. The summed E-state index contributed by atoms with van der Waals surface area (Å²) >= 11 is 0. The van der Waals surface area contributed by atoms with Crippen LogP contribution < -0.4 is 25.7 Å². The third-order valence-corrected chi connectivity index (χ3v) is 9.02. The van der Waals surface area contributed by atoms with E-state index in [1.165, 1.54) is 6.07 Å². The first-order valence-electron chi connectivity index (χ1n) is 17.8. The molecule has 2 amide bonds. The van der Waals surface area contributed by atoms with Gasteiger partial charge in [0.25, 0.3) is 5.91 Å². The summed E-state index contributed by atoms with van der Waals surface area (Å²) in [5.41, 5.74) is 1.05. The van der Waals surface area contributed by atoms with Crippen LogP contribution >= 0.6 is 0 Å². The highest BCUT2D eigenvalue weighted by molar-refractivity contribution is 6.00. The molecule has 0 bridgehead atoms. The van der Waals surface area contributed by atoms with Crippen molar-refractivity contribution in [2.24, 2.45) is 0 Å². The number of hydrogen-bond donors (Lipinski definition) is 2.